The predicted octanol–water partition coefficient (Wildman–Crippen LogP) is 3.55. The van der Waals surface area contributed by atoms with E-state index in [0.717, 1.165) is 48.4 Å². The summed E-state index contributed by atoms with van der Waals surface area (Å²) in [7, 11) is 0. The van der Waals surface area contributed by atoms with Gasteiger partial charge in [-0.25, -0.2) is 4.79 Å². The number of ether oxygens (including phenoxy) is 1. The lowest BCUT2D eigenvalue weighted by atomic mass is 10.00. The molecule has 1 N–H and O–H groups in total. The minimum Gasteiger partial charge on any atom is -0.444 e. The Labute approximate surface area is 165 Å². The first-order valence-electron chi connectivity index (χ1n) is 9.73. The van der Waals surface area contributed by atoms with Gasteiger partial charge in [0.15, 0.2) is 0 Å². The molecule has 2 aliphatic heterocycles. The van der Waals surface area contributed by atoms with Gasteiger partial charge in [0.05, 0.1) is 12.2 Å². The summed E-state index contributed by atoms with van der Waals surface area (Å²) in [6.45, 7) is 4.29. The van der Waals surface area contributed by atoms with E-state index in [-0.39, 0.29) is 18.0 Å². The Hall–Kier alpha value is -2.86. The Kier molecular flexibility index (Phi) is 5.30. The Morgan fingerprint density at radius 3 is 2.64 bits per heavy atom. The van der Waals surface area contributed by atoms with E-state index in [1.165, 1.54) is 0 Å². The van der Waals surface area contributed by atoms with E-state index in [2.05, 4.69) is 16.3 Å². The smallest absolute Gasteiger partial charge is 0.414 e. The summed E-state index contributed by atoms with van der Waals surface area (Å²) in [4.78, 5) is 28.6. The van der Waals surface area contributed by atoms with Crippen LogP contribution in [0.15, 0.2) is 48.5 Å². The number of cyclic esters (lactones) is 1. The molecule has 146 valence electrons. The fraction of sp³-hybridized carbons (Fsp3) is 0.364. The number of hydrogen-bond acceptors (Lipinski definition) is 4. The minimum absolute atomic E-state index is 0.0112. The Morgan fingerprint density at radius 2 is 1.89 bits per heavy atom. The molecule has 0 saturated carbocycles. The number of nitrogens with one attached hydrogen (secondary N) is 1. The highest BCUT2D eigenvalue weighted by Gasteiger charge is 2.34. The van der Waals surface area contributed by atoms with Crippen LogP contribution >= 0.6 is 0 Å². The van der Waals surface area contributed by atoms with E-state index in [1.54, 1.807) is 4.90 Å². The number of piperidine rings is 1. The van der Waals surface area contributed by atoms with E-state index >= 15 is 0 Å². The van der Waals surface area contributed by atoms with Crippen molar-refractivity contribution in [2.24, 2.45) is 0 Å². The molecule has 6 heteroatoms. The Balaban J connectivity index is 1.35. The van der Waals surface area contributed by atoms with Crippen LogP contribution in [-0.2, 0) is 16.1 Å². The minimum atomic E-state index is -0.267. The second-order valence-electron chi connectivity index (χ2n) is 7.48. The van der Waals surface area contributed by atoms with E-state index in [4.69, 9.17) is 4.74 Å². The van der Waals surface area contributed by atoms with Gasteiger partial charge in [0.25, 0.3) is 0 Å². The summed E-state index contributed by atoms with van der Waals surface area (Å²) in [5.41, 5.74) is 3.99. The van der Waals surface area contributed by atoms with Gasteiger partial charge in [-0.1, -0.05) is 35.9 Å². The molecule has 4 rings (SSSR count). The summed E-state index contributed by atoms with van der Waals surface area (Å²) >= 11 is 0. The third kappa shape index (κ3) is 4.02. The van der Waals surface area contributed by atoms with Gasteiger partial charge in [-0.05, 0) is 38.0 Å². The van der Waals surface area contributed by atoms with E-state index < -0.39 is 0 Å². The van der Waals surface area contributed by atoms with Gasteiger partial charge in [-0.15, -0.1) is 0 Å². The van der Waals surface area contributed by atoms with Crippen molar-refractivity contribution in [3.05, 3.63) is 59.7 Å². The highest BCUT2D eigenvalue weighted by molar-refractivity contribution is 5.92. The van der Waals surface area contributed by atoms with Gasteiger partial charge < -0.3 is 10.1 Å². The van der Waals surface area contributed by atoms with Crippen molar-refractivity contribution in [2.45, 2.75) is 32.4 Å². The number of amides is 2. The van der Waals surface area contributed by atoms with Gasteiger partial charge in [0.1, 0.15) is 6.61 Å². The first-order chi connectivity index (χ1) is 13.6. The van der Waals surface area contributed by atoms with Crippen LogP contribution < -0.4 is 10.2 Å². The molecule has 6 nitrogen and oxygen atoms in total. The molecule has 0 bridgehead atoms. The summed E-state index contributed by atoms with van der Waals surface area (Å²) < 4.78 is 5.39. The fourth-order valence-corrected chi connectivity index (χ4v) is 3.98. The van der Waals surface area contributed by atoms with Gasteiger partial charge in [0, 0.05) is 30.4 Å². The topological polar surface area (TPSA) is 61.9 Å². The maximum Gasteiger partial charge on any atom is 0.414 e. The van der Waals surface area contributed by atoms with Crippen molar-refractivity contribution in [1.82, 2.24) is 4.90 Å². The molecular formula is C22H25N3O3. The van der Waals surface area contributed by atoms with E-state index in [9.17, 15) is 9.59 Å². The third-order valence-electron chi connectivity index (χ3n) is 5.39. The molecule has 0 aliphatic carbocycles. The van der Waals surface area contributed by atoms with Gasteiger partial charge in [0.2, 0.25) is 5.91 Å². The van der Waals surface area contributed by atoms with Crippen molar-refractivity contribution in [3.63, 3.8) is 0 Å². The molecule has 1 fully saturated rings. The quantitative estimate of drug-likeness (QED) is 0.882. The summed E-state index contributed by atoms with van der Waals surface area (Å²) in [5, 5.41) is 2.92. The number of carbonyl (C=O) groups is 2. The van der Waals surface area contributed by atoms with Crippen LogP contribution in [0.25, 0.3) is 0 Å². The Bertz CT molecular complexity index is 861. The van der Waals surface area contributed by atoms with Crippen LogP contribution in [0.1, 0.15) is 24.0 Å². The van der Waals surface area contributed by atoms with Crippen LogP contribution in [0, 0.1) is 6.92 Å². The standard InChI is InChI=1S/C22H25N3O3/c1-16-7-8-20-17(13-16)15-28-22(27)25(20)19-9-11-24(12-10-19)14-21(26)23-18-5-3-2-4-6-18/h2-8,13,19H,9-12,14-15H2,1H3,(H,23,26). The highest BCUT2D eigenvalue weighted by Crippen LogP contribution is 2.32. The van der Waals surface area contributed by atoms with Crippen LogP contribution in [0.5, 0.6) is 0 Å². The number of anilines is 2. The monoisotopic (exact) mass is 379 g/mol. The lowest BCUT2D eigenvalue weighted by Gasteiger charge is -2.40. The molecule has 0 radical (unpaired) electrons. The van der Waals surface area contributed by atoms with Crippen molar-refractivity contribution in [3.8, 4) is 0 Å². The van der Waals surface area contributed by atoms with Gasteiger partial charge in [-0.2, -0.15) is 0 Å². The molecule has 2 heterocycles. The lowest BCUT2D eigenvalue weighted by Crippen LogP contribution is -2.50. The maximum atomic E-state index is 12.4. The molecule has 0 unspecified atom stereocenters. The number of nitrogens with zero attached hydrogens (tertiary/aromatic N) is 2. The molecule has 0 aromatic heterocycles. The molecule has 2 aromatic rings. The number of benzene rings is 2. The van der Waals surface area contributed by atoms with Crippen molar-refractivity contribution in [2.75, 3.05) is 29.9 Å². The average molecular weight is 379 g/mol. The molecular weight excluding hydrogens is 354 g/mol. The summed E-state index contributed by atoms with van der Waals surface area (Å²) in [5.74, 6) is -0.0112. The first kappa shape index (κ1) is 18.5. The number of fused-ring (bicyclic) bond motifs is 1. The van der Waals surface area contributed by atoms with Gasteiger partial charge in [-0.3, -0.25) is 14.6 Å². The van der Waals surface area contributed by atoms with E-state index in [1.807, 2.05) is 49.4 Å². The maximum absolute atomic E-state index is 12.4. The first-order valence-corrected chi connectivity index (χ1v) is 9.73. The molecule has 28 heavy (non-hydrogen) atoms. The summed E-state index contributed by atoms with van der Waals surface area (Å²) in [6.07, 6.45) is 1.37. The molecule has 2 amide bonds. The molecule has 0 atom stereocenters. The fourth-order valence-electron chi connectivity index (χ4n) is 3.98. The second-order valence-corrected chi connectivity index (χ2v) is 7.48. The summed E-state index contributed by atoms with van der Waals surface area (Å²) in [6, 6.07) is 15.7. The van der Waals surface area contributed by atoms with Crippen LogP contribution in [-0.4, -0.2) is 42.6 Å². The lowest BCUT2D eigenvalue weighted by molar-refractivity contribution is -0.117. The molecule has 1 saturated heterocycles. The third-order valence-corrected chi connectivity index (χ3v) is 5.39. The predicted molar refractivity (Wildman–Crippen MR) is 108 cm³/mol. The van der Waals surface area contributed by atoms with Crippen LogP contribution in [0.4, 0.5) is 16.2 Å². The molecule has 2 aromatic carbocycles. The number of carbonyl (C=O) groups excluding carboxylic acids is 2. The zero-order valence-electron chi connectivity index (χ0n) is 16.1. The zero-order valence-corrected chi connectivity index (χ0v) is 16.1. The SMILES string of the molecule is Cc1ccc2c(c1)COC(=O)N2C1CCN(CC(=O)Nc2ccccc2)CC1. The number of hydrogen-bond donors (Lipinski definition) is 1. The molecule has 2 aliphatic rings. The highest BCUT2D eigenvalue weighted by atomic mass is 16.6. The average Bonchev–Trinajstić information content (AvgIpc) is 2.70. The number of aryl methyl sites for hydroxylation is 1. The largest absolute Gasteiger partial charge is 0.444 e. The van der Waals surface area contributed by atoms with E-state index in [0.29, 0.717) is 13.2 Å². The number of para-hydroxylation sites is 1. The Morgan fingerprint density at radius 1 is 1.14 bits per heavy atom. The molecule has 0 spiro atoms. The van der Waals surface area contributed by atoms with Crippen molar-refractivity contribution in [1.29, 1.82) is 0 Å². The normalized spacial score (nSPS) is 17.8. The van der Waals surface area contributed by atoms with Crippen LogP contribution in [0.2, 0.25) is 0 Å². The number of rotatable bonds is 4. The van der Waals surface area contributed by atoms with Crippen LogP contribution in [0.3, 0.4) is 0 Å². The number of likely N-dealkylation sites (tertiary alicyclic amines) is 1. The van der Waals surface area contributed by atoms with Crippen molar-refractivity contribution >= 4 is 23.4 Å². The zero-order chi connectivity index (χ0) is 19.5. The van der Waals surface area contributed by atoms with Crippen molar-refractivity contribution < 1.29 is 14.3 Å². The second kappa shape index (κ2) is 8.02. The van der Waals surface area contributed by atoms with Gasteiger partial charge >= 0.3 is 6.09 Å².